The molecule has 2 heteroatoms. The molecule has 0 bridgehead atoms. The molecule has 0 heterocycles. The van der Waals surface area contributed by atoms with Gasteiger partial charge in [0.2, 0.25) is 0 Å². The molecule has 6 atom stereocenters. The third-order valence-corrected chi connectivity index (χ3v) is 33.3. The molecule has 3 fully saturated rings. The summed E-state index contributed by atoms with van der Waals surface area (Å²) in [6.45, 7) is 30.8. The fourth-order valence-corrected chi connectivity index (χ4v) is 23.5. The van der Waals surface area contributed by atoms with Gasteiger partial charge in [0.25, 0.3) is 0 Å². The lowest BCUT2D eigenvalue weighted by Gasteiger charge is -2.50. The smallest absolute Gasteiger partial charge is 0.0448 e. The second-order valence-electron chi connectivity index (χ2n) is 17.8. The van der Waals surface area contributed by atoms with Crippen molar-refractivity contribution in [1.82, 2.24) is 0 Å². The Morgan fingerprint density at radius 3 is 1.87 bits per heavy atom. The summed E-state index contributed by atoms with van der Waals surface area (Å²) in [5, 5.41) is 0. The normalized spacial score (nSPS) is 31.2. The Kier molecular flexibility index (Phi) is 8.71. The van der Waals surface area contributed by atoms with Crippen LogP contribution >= 0.6 is 0 Å². The average molecular weight is 553 g/mol. The fourth-order valence-electron chi connectivity index (χ4n) is 9.46. The maximum Gasteiger partial charge on any atom is 0.0448 e. The van der Waals surface area contributed by atoms with Crippen LogP contribution in [-0.2, 0) is 10.8 Å². The van der Waals surface area contributed by atoms with Crippen LogP contribution in [0, 0.1) is 23.7 Å². The molecule has 0 nitrogen and oxygen atoms in total. The number of hydrogen-bond donors (Lipinski definition) is 0. The van der Waals surface area contributed by atoms with Crippen LogP contribution in [0.2, 0.25) is 37.3 Å². The highest BCUT2D eigenvalue weighted by atomic mass is 29.3. The van der Waals surface area contributed by atoms with Crippen LogP contribution in [0.15, 0.2) is 18.2 Å². The molecule has 6 unspecified atom stereocenters. The van der Waals surface area contributed by atoms with Gasteiger partial charge >= 0.3 is 0 Å². The van der Waals surface area contributed by atoms with E-state index in [-0.39, 0.29) is 10.8 Å². The van der Waals surface area contributed by atoms with E-state index in [1.54, 1.807) is 36.0 Å². The van der Waals surface area contributed by atoms with Gasteiger partial charge in [-0.2, -0.15) is 0 Å². The first kappa shape index (κ1) is 30.6. The van der Waals surface area contributed by atoms with Crippen molar-refractivity contribution in [3.63, 3.8) is 0 Å². The van der Waals surface area contributed by atoms with Gasteiger partial charge in [-0.3, -0.25) is 0 Å². The van der Waals surface area contributed by atoms with E-state index in [4.69, 9.17) is 0 Å². The molecule has 0 aliphatic heterocycles. The standard InChI is InChI=1S/C36H64Si2/c1-25(2)20-26-16-17-30(21-26)37(9,10)38(11,12)34-19-18-32-31(14-13-15-33(32)34)27-22-28(35(3,4)5)24-29(23-27)36(6,7)8/h22-26,30-34H,13-21H2,1-12H3. The largest absolute Gasteiger partial charge is 0.0711 e. The van der Waals surface area contributed by atoms with Crippen LogP contribution in [0.1, 0.15) is 136 Å². The molecule has 1 aromatic carbocycles. The zero-order valence-corrected chi connectivity index (χ0v) is 29.6. The predicted molar refractivity (Wildman–Crippen MR) is 176 cm³/mol. The minimum absolute atomic E-state index is 0.210. The van der Waals surface area contributed by atoms with Crippen LogP contribution in [0.4, 0.5) is 0 Å². The lowest BCUT2D eigenvalue weighted by molar-refractivity contribution is 0.236. The second kappa shape index (κ2) is 10.8. The van der Waals surface area contributed by atoms with Gasteiger partial charge in [-0.1, -0.05) is 138 Å². The third kappa shape index (κ3) is 5.97. The van der Waals surface area contributed by atoms with Gasteiger partial charge in [-0.15, -0.1) is 0 Å². The van der Waals surface area contributed by atoms with Crippen molar-refractivity contribution in [2.75, 3.05) is 0 Å². The fraction of sp³-hybridized carbons (Fsp3) is 0.833. The number of fused-ring (bicyclic) bond motifs is 1. The van der Waals surface area contributed by atoms with Gasteiger partial charge in [0.1, 0.15) is 0 Å². The first-order valence-corrected chi connectivity index (χ1v) is 23.7. The summed E-state index contributed by atoms with van der Waals surface area (Å²) in [6.07, 6.45) is 13.6. The first-order valence-electron chi connectivity index (χ1n) is 16.6. The zero-order valence-electron chi connectivity index (χ0n) is 27.6. The highest BCUT2D eigenvalue weighted by Crippen LogP contribution is 2.61. The topological polar surface area (TPSA) is 0 Å². The van der Waals surface area contributed by atoms with Crippen molar-refractivity contribution in [3.8, 4) is 0 Å². The number of rotatable bonds is 6. The van der Waals surface area contributed by atoms with Crippen LogP contribution in [-0.4, -0.2) is 15.2 Å². The molecule has 38 heavy (non-hydrogen) atoms. The summed E-state index contributed by atoms with van der Waals surface area (Å²) in [5.74, 6) is 4.63. The van der Waals surface area contributed by atoms with E-state index in [0.717, 1.165) is 40.7 Å². The molecule has 0 N–H and O–H groups in total. The summed E-state index contributed by atoms with van der Waals surface area (Å²) < 4.78 is 0. The molecule has 4 rings (SSSR count). The Labute approximate surface area is 240 Å². The van der Waals surface area contributed by atoms with Gasteiger partial charge in [-0.25, -0.2) is 0 Å². The van der Waals surface area contributed by atoms with Crippen molar-refractivity contribution >= 4 is 15.2 Å². The highest BCUT2D eigenvalue weighted by molar-refractivity contribution is 7.41. The zero-order chi connectivity index (χ0) is 28.3. The molecular weight excluding hydrogens is 489 g/mol. The van der Waals surface area contributed by atoms with E-state index in [2.05, 4.69) is 99.8 Å². The van der Waals surface area contributed by atoms with Gasteiger partial charge in [0, 0.05) is 15.2 Å². The van der Waals surface area contributed by atoms with E-state index >= 15 is 0 Å². The lowest BCUT2D eigenvalue weighted by Crippen LogP contribution is -2.61. The Morgan fingerprint density at radius 1 is 0.711 bits per heavy atom. The van der Waals surface area contributed by atoms with Crippen molar-refractivity contribution in [1.29, 1.82) is 0 Å². The third-order valence-electron chi connectivity index (χ3n) is 12.5. The molecule has 0 amide bonds. The van der Waals surface area contributed by atoms with Gasteiger partial charge in [0.05, 0.1) is 0 Å². The maximum atomic E-state index is 2.89. The van der Waals surface area contributed by atoms with Gasteiger partial charge < -0.3 is 0 Å². The van der Waals surface area contributed by atoms with Crippen molar-refractivity contribution in [2.24, 2.45) is 23.7 Å². The summed E-state index contributed by atoms with van der Waals surface area (Å²) in [6, 6.07) is 7.81. The van der Waals surface area contributed by atoms with Gasteiger partial charge in [-0.05, 0) is 87.5 Å². The minimum Gasteiger partial charge on any atom is -0.0711 e. The monoisotopic (exact) mass is 552 g/mol. The summed E-state index contributed by atoms with van der Waals surface area (Å²) in [7, 11) is -2.58. The van der Waals surface area contributed by atoms with E-state index in [9.17, 15) is 0 Å². The predicted octanol–water partition coefficient (Wildman–Crippen LogP) is 11.7. The first-order chi connectivity index (χ1) is 17.4. The summed E-state index contributed by atoms with van der Waals surface area (Å²) in [5.41, 5.74) is 7.40. The number of benzene rings is 1. The van der Waals surface area contributed by atoms with Crippen LogP contribution in [0.3, 0.4) is 0 Å². The molecule has 0 spiro atoms. The van der Waals surface area contributed by atoms with Crippen molar-refractivity contribution in [2.45, 2.75) is 167 Å². The van der Waals surface area contributed by atoms with Crippen LogP contribution < -0.4 is 0 Å². The average Bonchev–Trinajstić information content (AvgIpc) is 3.44. The molecule has 3 aliphatic rings. The maximum absolute atomic E-state index is 2.89. The van der Waals surface area contributed by atoms with E-state index in [0.29, 0.717) is 0 Å². The molecule has 3 aliphatic carbocycles. The Balaban J connectivity index is 1.59. The van der Waals surface area contributed by atoms with E-state index < -0.39 is 15.2 Å². The number of hydrogen-bond acceptors (Lipinski definition) is 0. The minimum atomic E-state index is -1.31. The van der Waals surface area contributed by atoms with E-state index in [1.165, 1.54) is 38.5 Å². The molecule has 0 radical (unpaired) electrons. The van der Waals surface area contributed by atoms with Crippen molar-refractivity contribution in [3.05, 3.63) is 34.9 Å². The Hall–Kier alpha value is -0.346. The Bertz CT molecular complexity index is 924. The van der Waals surface area contributed by atoms with Gasteiger partial charge in [0.15, 0.2) is 0 Å². The SMILES string of the molecule is CC(C)CC1CCC([Si](C)(C)[Si](C)(C)C2CCC3C(c4cc(C(C)(C)C)cc(C(C)(C)C)c4)CCCC32)C1. The van der Waals surface area contributed by atoms with Crippen LogP contribution in [0.5, 0.6) is 0 Å². The molecule has 3 saturated carbocycles. The molecule has 0 saturated heterocycles. The van der Waals surface area contributed by atoms with Crippen molar-refractivity contribution < 1.29 is 0 Å². The molecule has 216 valence electrons. The van der Waals surface area contributed by atoms with E-state index in [1.807, 2.05) is 0 Å². The molecule has 0 aromatic heterocycles. The van der Waals surface area contributed by atoms with Crippen LogP contribution in [0.25, 0.3) is 0 Å². The summed E-state index contributed by atoms with van der Waals surface area (Å²) >= 11 is 0. The quantitative estimate of drug-likeness (QED) is 0.308. The molecule has 1 aromatic rings. The Morgan fingerprint density at radius 2 is 1.32 bits per heavy atom. The second-order valence-corrected chi connectivity index (χ2v) is 34.0. The lowest BCUT2D eigenvalue weighted by atomic mass is 9.69. The molecular formula is C36H64Si2. The highest BCUT2D eigenvalue weighted by Gasteiger charge is 2.57. The summed E-state index contributed by atoms with van der Waals surface area (Å²) in [4.78, 5) is 0.